The second-order valence-electron chi connectivity index (χ2n) is 7.29. The molecule has 2 spiro atoms. The van der Waals surface area contributed by atoms with E-state index in [0.29, 0.717) is 15.1 Å². The quantitative estimate of drug-likeness (QED) is 0.476. The number of quaternary nitrogens is 2. The summed E-state index contributed by atoms with van der Waals surface area (Å²) in [6, 6.07) is 0. The maximum Gasteiger partial charge on any atom is 0.312 e. The van der Waals surface area contributed by atoms with Crippen molar-refractivity contribution in [3.63, 3.8) is 0 Å². The summed E-state index contributed by atoms with van der Waals surface area (Å²) in [5.41, 5.74) is 0. The maximum absolute atomic E-state index is 1.75. The lowest BCUT2D eigenvalue weighted by molar-refractivity contribution is -0.935. The molecule has 3 aliphatic rings. The molecule has 4 heteroatoms. The molecule has 80 valence electrons. The molecule has 0 unspecified atom stereocenters. The highest BCUT2D eigenvalue weighted by Crippen LogP contribution is 2.32. The Kier molecular flexibility index (Phi) is 2.17. The lowest BCUT2D eigenvalue weighted by Crippen LogP contribution is -2.85. The topological polar surface area (TPSA) is 0 Å². The number of hydrogen-bond acceptors (Lipinski definition) is 0. The first kappa shape index (κ1) is 9.29. The van der Waals surface area contributed by atoms with E-state index >= 15 is 0 Å². The minimum absolute atomic E-state index is 0.363. The molecule has 0 amide bonds. The van der Waals surface area contributed by atoms with Crippen molar-refractivity contribution in [2.45, 2.75) is 38.5 Å². The zero-order chi connectivity index (χ0) is 9.49. The van der Waals surface area contributed by atoms with Gasteiger partial charge in [0, 0.05) is 26.2 Å². The molecule has 0 atom stereocenters. The molecular weight excluding hydrogens is 170 g/mol. The molecule has 14 heavy (non-hydrogen) atoms. The Morgan fingerprint density at radius 1 is 0.500 bits per heavy atom. The Balaban J connectivity index is 1.62. The van der Waals surface area contributed by atoms with Crippen molar-refractivity contribution in [2.75, 3.05) is 26.2 Å². The van der Waals surface area contributed by atoms with E-state index in [-0.39, 0.29) is 0 Å². The number of rotatable bonds is 0. The second kappa shape index (κ2) is 3.28. The third-order valence-corrected chi connectivity index (χ3v) is 5.99. The monoisotopic (exact) mass is 194 g/mol. The lowest BCUT2D eigenvalue weighted by Gasteiger charge is -2.78. The van der Waals surface area contributed by atoms with Gasteiger partial charge in [0.25, 0.3) is 0 Å². The second-order valence-corrected chi connectivity index (χ2v) is 7.29. The molecule has 0 aliphatic carbocycles. The Bertz CT molecular complexity index is 188. The van der Waals surface area contributed by atoms with Gasteiger partial charge in [-0.3, -0.25) is 0 Å². The molecule has 3 rings (SSSR count). The van der Waals surface area contributed by atoms with Crippen molar-refractivity contribution >= 4 is 15.1 Å². The third kappa shape index (κ3) is 1.43. The first-order valence-corrected chi connectivity index (χ1v) is 7.05. The highest BCUT2D eigenvalue weighted by Gasteiger charge is 2.42. The fourth-order valence-electron chi connectivity index (χ4n) is 5.67. The van der Waals surface area contributed by atoms with E-state index in [9.17, 15) is 0 Å². The van der Waals surface area contributed by atoms with Crippen LogP contribution in [0.5, 0.6) is 0 Å². The van der Waals surface area contributed by atoms with Gasteiger partial charge in [-0.25, -0.2) is 0 Å². The molecule has 0 aromatic rings. The molecule has 0 saturated carbocycles. The molecule has 3 saturated heterocycles. The van der Waals surface area contributed by atoms with Gasteiger partial charge in [0.2, 0.25) is 0 Å². The van der Waals surface area contributed by atoms with Gasteiger partial charge in [-0.2, -0.15) is 0 Å². The summed E-state index contributed by atoms with van der Waals surface area (Å²) < 4.78 is 3.50. The van der Waals surface area contributed by atoms with Gasteiger partial charge in [-0.15, -0.1) is 0 Å². The fourth-order valence-corrected chi connectivity index (χ4v) is 5.67. The van der Waals surface area contributed by atoms with Gasteiger partial charge in [0.05, 0.1) is 0 Å². The molecule has 3 heterocycles. The van der Waals surface area contributed by atoms with Crippen LogP contribution >= 0.6 is 0 Å². The van der Waals surface area contributed by atoms with E-state index < -0.39 is 0 Å². The van der Waals surface area contributed by atoms with Crippen molar-refractivity contribution in [3.8, 4) is 0 Å². The molecule has 3 aliphatic heterocycles. The highest BCUT2D eigenvalue weighted by molar-refractivity contribution is 6.47. The molecule has 0 aromatic carbocycles. The van der Waals surface area contributed by atoms with Gasteiger partial charge in [-0.1, -0.05) is 0 Å². The average molecular weight is 194 g/mol. The summed E-state index contributed by atoms with van der Waals surface area (Å²) in [6.07, 6.45) is 9.33. The predicted molar refractivity (Wildman–Crippen MR) is 64.8 cm³/mol. The van der Waals surface area contributed by atoms with E-state index in [2.05, 4.69) is 0 Å². The summed E-state index contributed by atoms with van der Waals surface area (Å²) in [7, 11) is 0.726. The van der Waals surface area contributed by atoms with Gasteiger partial charge < -0.3 is 8.61 Å². The minimum Gasteiger partial charge on any atom is -0.626 e. The third-order valence-electron chi connectivity index (χ3n) is 5.99. The minimum atomic E-state index is 0.363. The van der Waals surface area contributed by atoms with Crippen molar-refractivity contribution in [1.29, 1.82) is 0 Å². The fraction of sp³-hybridized carbons (Fsp3) is 1.00. The van der Waals surface area contributed by atoms with Crippen molar-refractivity contribution in [1.82, 2.24) is 0 Å². The Morgan fingerprint density at radius 2 is 0.857 bits per heavy atom. The standard InChI is InChI=1S/C10H24B2N2/c1-3-7-13(8-4-1)11-14(12-13)9-5-2-6-10-14/h1-12H2. The molecular formula is C10H24B2N2. The highest BCUT2D eigenvalue weighted by atomic mass is 15.5. The van der Waals surface area contributed by atoms with Crippen LogP contribution in [0.15, 0.2) is 0 Å². The summed E-state index contributed by atoms with van der Waals surface area (Å²) in [4.78, 5) is 0. The zero-order valence-electron chi connectivity index (χ0n) is 9.97. The summed E-state index contributed by atoms with van der Waals surface area (Å²) >= 11 is 0. The maximum atomic E-state index is 1.75. The van der Waals surface area contributed by atoms with Crippen LogP contribution in [0, 0.1) is 0 Å². The van der Waals surface area contributed by atoms with Crippen LogP contribution in [0.1, 0.15) is 38.5 Å². The Hall–Kier alpha value is 0.0499. The number of nitrogens with zero attached hydrogens (tertiary/aromatic N) is 2. The molecule has 0 aromatic heterocycles. The molecule has 3 fully saturated rings. The summed E-state index contributed by atoms with van der Waals surface area (Å²) in [5.74, 6) is 0. The van der Waals surface area contributed by atoms with E-state index in [0.717, 1.165) is 0 Å². The van der Waals surface area contributed by atoms with E-state index in [1.54, 1.807) is 73.3 Å². The van der Waals surface area contributed by atoms with Gasteiger partial charge in [0.15, 0.2) is 0 Å². The molecule has 0 N–H and O–H groups in total. The predicted octanol–water partition coefficient (Wildman–Crippen LogP) is -0.00100. The first-order chi connectivity index (χ1) is 6.83. The molecule has 2 nitrogen and oxygen atoms in total. The molecule has 0 radical (unpaired) electrons. The van der Waals surface area contributed by atoms with E-state index in [1.807, 2.05) is 0 Å². The largest absolute Gasteiger partial charge is 0.626 e. The lowest BCUT2D eigenvalue weighted by atomic mass is 9.60. The van der Waals surface area contributed by atoms with E-state index in [4.69, 9.17) is 0 Å². The van der Waals surface area contributed by atoms with Crippen molar-refractivity contribution in [3.05, 3.63) is 0 Å². The smallest absolute Gasteiger partial charge is 0.312 e. The normalized spacial score (nSPS) is 34.3. The Morgan fingerprint density at radius 3 is 1.21 bits per heavy atom. The van der Waals surface area contributed by atoms with Gasteiger partial charge in [0.1, 0.15) is 0 Å². The van der Waals surface area contributed by atoms with Crippen molar-refractivity contribution < 1.29 is 8.61 Å². The van der Waals surface area contributed by atoms with Crippen LogP contribution in [0.2, 0.25) is 0 Å². The van der Waals surface area contributed by atoms with Crippen LogP contribution in [0.3, 0.4) is 0 Å². The zero-order valence-corrected chi connectivity index (χ0v) is 9.97. The molecule has 0 bridgehead atoms. The van der Waals surface area contributed by atoms with Gasteiger partial charge >= 0.3 is 15.1 Å². The van der Waals surface area contributed by atoms with Crippen LogP contribution in [0.25, 0.3) is 0 Å². The van der Waals surface area contributed by atoms with Crippen LogP contribution in [-0.4, -0.2) is 49.9 Å². The van der Waals surface area contributed by atoms with Gasteiger partial charge in [-0.05, 0) is 38.5 Å². The SMILES string of the molecule is [BH2-]1[N+]2([BH2-][N+]13CCCCC3)CCCCC2. The number of piperidine rings is 2. The van der Waals surface area contributed by atoms with Crippen LogP contribution in [-0.2, 0) is 0 Å². The van der Waals surface area contributed by atoms with E-state index in [1.165, 1.54) is 0 Å². The Labute approximate surface area is 89.0 Å². The average Bonchev–Trinajstić information content (AvgIpc) is 2.18. The number of hydrogen-bond donors (Lipinski definition) is 0. The van der Waals surface area contributed by atoms with Crippen LogP contribution < -0.4 is 0 Å². The van der Waals surface area contributed by atoms with Crippen molar-refractivity contribution in [2.24, 2.45) is 0 Å². The summed E-state index contributed by atoms with van der Waals surface area (Å²) in [5, 5.41) is 0. The first-order valence-electron chi connectivity index (χ1n) is 7.05. The summed E-state index contributed by atoms with van der Waals surface area (Å²) in [6.45, 7) is 6.44. The van der Waals surface area contributed by atoms with Crippen LogP contribution in [0.4, 0.5) is 0 Å².